The predicted molar refractivity (Wildman–Crippen MR) is 86.1 cm³/mol. The van der Waals surface area contributed by atoms with Crippen molar-refractivity contribution in [3.05, 3.63) is 71.3 Å². The summed E-state index contributed by atoms with van der Waals surface area (Å²) >= 11 is 0. The number of ether oxygens (including phenoxy) is 1. The lowest BCUT2D eigenvalue weighted by Crippen LogP contribution is -2.13. The molecule has 0 unspecified atom stereocenters. The van der Waals surface area contributed by atoms with Crippen molar-refractivity contribution in [2.45, 2.75) is 20.3 Å². The number of hydrogen-bond acceptors (Lipinski definition) is 3. The molecule has 0 N–H and O–H groups in total. The minimum atomic E-state index is -0.444. The van der Waals surface area contributed by atoms with Gasteiger partial charge in [-0.1, -0.05) is 62.4 Å². The van der Waals surface area contributed by atoms with Gasteiger partial charge in [0.15, 0.2) is 5.78 Å². The van der Waals surface area contributed by atoms with Gasteiger partial charge in [0.05, 0.1) is 12.2 Å². The van der Waals surface area contributed by atoms with Crippen LogP contribution in [0.4, 0.5) is 0 Å². The third kappa shape index (κ3) is 4.04. The molecule has 0 bridgehead atoms. The van der Waals surface area contributed by atoms with Crippen molar-refractivity contribution in [3.8, 4) is 0 Å². The topological polar surface area (TPSA) is 43.4 Å². The first-order chi connectivity index (χ1) is 10.6. The molecule has 3 heteroatoms. The van der Waals surface area contributed by atoms with Crippen LogP contribution in [0.5, 0.6) is 0 Å². The second kappa shape index (κ2) is 7.55. The minimum Gasteiger partial charge on any atom is -0.462 e. The highest BCUT2D eigenvalue weighted by atomic mass is 16.5. The molecule has 3 nitrogen and oxygen atoms in total. The monoisotopic (exact) mass is 296 g/mol. The van der Waals surface area contributed by atoms with E-state index < -0.39 is 5.97 Å². The van der Waals surface area contributed by atoms with Crippen LogP contribution in [-0.4, -0.2) is 18.4 Å². The standard InChI is InChI=1S/C19H20O3/c1-14(2)12-13-22-19(21)17-11-7-6-10-16(17)18(20)15-8-4-3-5-9-15/h3-11,14H,12-13H2,1-2H3. The molecule has 0 saturated carbocycles. The molecule has 22 heavy (non-hydrogen) atoms. The summed E-state index contributed by atoms with van der Waals surface area (Å²) in [6.07, 6.45) is 0.806. The number of hydrogen-bond donors (Lipinski definition) is 0. The van der Waals surface area contributed by atoms with Crippen LogP contribution in [0.1, 0.15) is 46.5 Å². The highest BCUT2D eigenvalue weighted by Gasteiger charge is 2.18. The lowest BCUT2D eigenvalue weighted by molar-refractivity contribution is 0.0485. The molecule has 0 aromatic heterocycles. The number of carbonyl (C=O) groups is 2. The molecule has 114 valence electrons. The van der Waals surface area contributed by atoms with Crippen LogP contribution >= 0.6 is 0 Å². The van der Waals surface area contributed by atoms with E-state index in [0.717, 1.165) is 6.42 Å². The molecule has 0 spiro atoms. The number of carbonyl (C=O) groups excluding carboxylic acids is 2. The van der Waals surface area contributed by atoms with E-state index in [1.54, 1.807) is 48.5 Å². The first kappa shape index (κ1) is 16.0. The van der Waals surface area contributed by atoms with Gasteiger partial charge < -0.3 is 4.74 Å². The molecule has 0 saturated heterocycles. The Labute approximate surface area is 130 Å². The molecule has 0 heterocycles. The van der Waals surface area contributed by atoms with Crippen molar-refractivity contribution < 1.29 is 14.3 Å². The number of ketones is 1. The summed E-state index contributed by atoms with van der Waals surface area (Å²) in [5.41, 5.74) is 1.26. The highest BCUT2D eigenvalue weighted by molar-refractivity contribution is 6.14. The van der Waals surface area contributed by atoms with Crippen molar-refractivity contribution in [2.24, 2.45) is 5.92 Å². The molecule has 0 amide bonds. The summed E-state index contributed by atoms with van der Waals surface area (Å²) in [6.45, 7) is 4.51. The molecule has 0 aliphatic carbocycles. The second-order valence-corrected chi connectivity index (χ2v) is 5.56. The molecule has 0 aliphatic heterocycles. The quantitative estimate of drug-likeness (QED) is 0.595. The Morgan fingerprint density at radius 2 is 1.50 bits per heavy atom. The van der Waals surface area contributed by atoms with Crippen molar-refractivity contribution >= 4 is 11.8 Å². The largest absolute Gasteiger partial charge is 0.462 e. The van der Waals surface area contributed by atoms with Gasteiger partial charge in [0.25, 0.3) is 0 Å². The van der Waals surface area contributed by atoms with E-state index in [1.807, 2.05) is 6.07 Å². The number of benzene rings is 2. The van der Waals surface area contributed by atoms with Gasteiger partial charge in [-0.15, -0.1) is 0 Å². The van der Waals surface area contributed by atoms with Crippen molar-refractivity contribution in [1.82, 2.24) is 0 Å². The lowest BCUT2D eigenvalue weighted by atomic mass is 9.98. The zero-order valence-corrected chi connectivity index (χ0v) is 12.9. The molecular weight excluding hydrogens is 276 g/mol. The van der Waals surface area contributed by atoms with Gasteiger partial charge in [-0.3, -0.25) is 4.79 Å². The average Bonchev–Trinajstić information content (AvgIpc) is 2.54. The van der Waals surface area contributed by atoms with E-state index in [2.05, 4.69) is 13.8 Å². The van der Waals surface area contributed by atoms with E-state index in [0.29, 0.717) is 29.2 Å². The molecule has 2 rings (SSSR count). The van der Waals surface area contributed by atoms with Crippen LogP contribution in [0.15, 0.2) is 54.6 Å². The minimum absolute atomic E-state index is 0.169. The van der Waals surface area contributed by atoms with E-state index in [-0.39, 0.29) is 5.78 Å². The Kier molecular flexibility index (Phi) is 5.48. The summed E-state index contributed by atoms with van der Waals surface area (Å²) in [5, 5.41) is 0. The summed E-state index contributed by atoms with van der Waals surface area (Å²) in [4.78, 5) is 24.8. The van der Waals surface area contributed by atoms with E-state index in [1.165, 1.54) is 0 Å². The fraction of sp³-hybridized carbons (Fsp3) is 0.263. The highest BCUT2D eigenvalue weighted by Crippen LogP contribution is 2.16. The molecule has 2 aromatic rings. The van der Waals surface area contributed by atoms with Gasteiger partial charge in [0, 0.05) is 11.1 Å². The summed E-state index contributed by atoms with van der Waals surface area (Å²) in [5.74, 6) is -0.147. The van der Waals surface area contributed by atoms with Crippen molar-refractivity contribution in [1.29, 1.82) is 0 Å². The molecule has 0 aliphatic rings. The molecule has 2 aromatic carbocycles. The van der Waals surface area contributed by atoms with Gasteiger partial charge in [-0.25, -0.2) is 4.79 Å². The molecular formula is C19H20O3. The van der Waals surface area contributed by atoms with Crippen LogP contribution in [0.3, 0.4) is 0 Å². The Morgan fingerprint density at radius 3 is 2.14 bits per heavy atom. The summed E-state index contributed by atoms with van der Waals surface area (Å²) in [6, 6.07) is 15.7. The van der Waals surface area contributed by atoms with Gasteiger partial charge in [-0.2, -0.15) is 0 Å². The van der Waals surface area contributed by atoms with Gasteiger partial charge >= 0.3 is 5.97 Å². The maximum atomic E-state index is 12.5. The lowest BCUT2D eigenvalue weighted by Gasteiger charge is -2.10. The van der Waals surface area contributed by atoms with Crippen molar-refractivity contribution in [2.75, 3.05) is 6.61 Å². The fourth-order valence-corrected chi connectivity index (χ4v) is 2.07. The third-order valence-electron chi connectivity index (χ3n) is 3.36. The maximum absolute atomic E-state index is 12.5. The van der Waals surface area contributed by atoms with E-state index in [9.17, 15) is 9.59 Å². The Hall–Kier alpha value is -2.42. The first-order valence-electron chi connectivity index (χ1n) is 7.45. The number of rotatable bonds is 6. The summed E-state index contributed by atoms with van der Waals surface area (Å²) < 4.78 is 5.27. The van der Waals surface area contributed by atoms with Gasteiger partial charge in [0.2, 0.25) is 0 Å². The van der Waals surface area contributed by atoms with E-state index >= 15 is 0 Å². The SMILES string of the molecule is CC(C)CCOC(=O)c1ccccc1C(=O)c1ccccc1. The van der Waals surface area contributed by atoms with Crippen LogP contribution < -0.4 is 0 Å². The van der Waals surface area contributed by atoms with Crippen LogP contribution in [0.25, 0.3) is 0 Å². The second-order valence-electron chi connectivity index (χ2n) is 5.56. The van der Waals surface area contributed by atoms with Gasteiger partial charge in [-0.05, 0) is 18.4 Å². The van der Waals surface area contributed by atoms with Crippen LogP contribution in [-0.2, 0) is 4.74 Å². The Bertz CT molecular complexity index is 645. The predicted octanol–water partition coefficient (Wildman–Crippen LogP) is 4.12. The Morgan fingerprint density at radius 1 is 0.909 bits per heavy atom. The molecule has 0 atom stereocenters. The third-order valence-corrected chi connectivity index (χ3v) is 3.36. The van der Waals surface area contributed by atoms with Gasteiger partial charge in [0.1, 0.15) is 0 Å². The van der Waals surface area contributed by atoms with Crippen LogP contribution in [0.2, 0.25) is 0 Å². The molecule has 0 fully saturated rings. The fourth-order valence-electron chi connectivity index (χ4n) is 2.07. The molecule has 0 radical (unpaired) electrons. The first-order valence-corrected chi connectivity index (χ1v) is 7.45. The maximum Gasteiger partial charge on any atom is 0.338 e. The van der Waals surface area contributed by atoms with E-state index in [4.69, 9.17) is 4.74 Å². The average molecular weight is 296 g/mol. The normalized spacial score (nSPS) is 10.5. The zero-order chi connectivity index (χ0) is 15.9. The van der Waals surface area contributed by atoms with Crippen molar-refractivity contribution in [3.63, 3.8) is 0 Å². The number of esters is 1. The summed E-state index contributed by atoms with van der Waals surface area (Å²) in [7, 11) is 0. The smallest absolute Gasteiger partial charge is 0.338 e. The zero-order valence-electron chi connectivity index (χ0n) is 12.9. The Balaban J connectivity index is 2.20. The van der Waals surface area contributed by atoms with Crippen LogP contribution in [0, 0.1) is 5.92 Å².